The maximum Gasteiger partial charge on any atom is 0.297 e. The van der Waals surface area contributed by atoms with Crippen molar-refractivity contribution in [3.8, 4) is 5.75 Å². The van der Waals surface area contributed by atoms with Gasteiger partial charge in [-0.3, -0.25) is 14.8 Å². The number of hydrogen-bond donors (Lipinski definition) is 2. The fraction of sp³-hybridized carbons (Fsp3) is 0.111. The van der Waals surface area contributed by atoms with Gasteiger partial charge in [-0.25, -0.2) is 10.1 Å². The van der Waals surface area contributed by atoms with Crippen molar-refractivity contribution < 1.29 is 18.1 Å². The average Bonchev–Trinajstić information content (AvgIpc) is 2.93. The third kappa shape index (κ3) is 2.51. The van der Waals surface area contributed by atoms with Gasteiger partial charge in [-0.15, -0.1) is 0 Å². The highest BCUT2D eigenvalue weighted by Gasteiger charge is 2.26. The molecule has 0 radical (unpaired) electrons. The van der Waals surface area contributed by atoms with Gasteiger partial charge in [0.15, 0.2) is 5.69 Å². The van der Waals surface area contributed by atoms with Gasteiger partial charge in [-0.2, -0.15) is 13.5 Å². The summed E-state index contributed by atoms with van der Waals surface area (Å²) in [6.45, 7) is 0. The number of para-hydroxylation sites is 1. The minimum absolute atomic E-state index is 0.0160. The van der Waals surface area contributed by atoms with E-state index in [-0.39, 0.29) is 11.4 Å². The number of nitro groups is 1. The fourth-order valence-corrected chi connectivity index (χ4v) is 2.38. The van der Waals surface area contributed by atoms with Crippen molar-refractivity contribution in [2.24, 2.45) is 0 Å². The van der Waals surface area contributed by atoms with E-state index in [4.69, 9.17) is 4.74 Å². The van der Waals surface area contributed by atoms with Gasteiger partial charge in [0, 0.05) is 6.07 Å². The topological polar surface area (TPSA) is 140 Å². The number of nitrogens with zero attached hydrogens (tertiary/aromatic N) is 3. The first-order valence-corrected chi connectivity index (χ1v) is 6.63. The number of H-pyrrole nitrogens is 1. The highest BCUT2D eigenvalue weighted by atomic mass is 32.2. The molecule has 2 N–H and O–H groups in total. The van der Waals surface area contributed by atoms with E-state index in [2.05, 4.69) is 19.9 Å². The molecule has 1 aromatic carbocycles. The van der Waals surface area contributed by atoms with Crippen LogP contribution in [0.2, 0.25) is 0 Å². The van der Waals surface area contributed by atoms with E-state index in [0.29, 0.717) is 0 Å². The number of sulfonamides is 1. The summed E-state index contributed by atoms with van der Waals surface area (Å²) in [5, 5.41) is 16.1. The number of hydrogen-bond acceptors (Lipinski definition) is 7. The molecule has 0 aliphatic heterocycles. The van der Waals surface area contributed by atoms with E-state index in [1.807, 2.05) is 0 Å². The molecule has 1 aromatic heterocycles. The summed E-state index contributed by atoms with van der Waals surface area (Å²) in [7, 11) is -2.85. The van der Waals surface area contributed by atoms with Gasteiger partial charge in [0.1, 0.15) is 12.1 Å². The molecule has 0 saturated carbocycles. The van der Waals surface area contributed by atoms with Gasteiger partial charge in [0.2, 0.25) is 0 Å². The van der Waals surface area contributed by atoms with Crippen molar-refractivity contribution in [1.82, 2.24) is 15.2 Å². The SMILES string of the molecule is COc1cccc([N+](=O)[O-])c1NS(=O)(=O)c1ncn[nH]1. The number of anilines is 1. The Kier molecular flexibility index (Phi) is 3.52. The number of nitrogens with one attached hydrogen (secondary N) is 2. The Bertz CT molecular complexity index is 727. The third-order valence-electron chi connectivity index (χ3n) is 2.30. The second-order valence-corrected chi connectivity index (χ2v) is 5.11. The molecule has 0 bridgehead atoms. The Balaban J connectivity index is 2.51. The van der Waals surface area contributed by atoms with Crippen LogP contribution >= 0.6 is 0 Å². The molecule has 0 amide bonds. The van der Waals surface area contributed by atoms with Gasteiger partial charge < -0.3 is 4.74 Å². The Labute approximate surface area is 113 Å². The van der Waals surface area contributed by atoms with Crippen LogP contribution in [0.25, 0.3) is 0 Å². The Morgan fingerprint density at radius 1 is 1.45 bits per heavy atom. The first-order chi connectivity index (χ1) is 9.45. The summed E-state index contributed by atoms with van der Waals surface area (Å²) in [6.07, 6.45) is 1.01. The third-order valence-corrected chi connectivity index (χ3v) is 3.48. The van der Waals surface area contributed by atoms with Gasteiger partial charge >= 0.3 is 0 Å². The standard InChI is InChI=1S/C9H9N5O5S/c1-19-7-4-2-3-6(14(15)16)8(7)13-20(17,18)9-10-5-11-12-9/h2-5,13H,1H3,(H,10,11,12). The lowest BCUT2D eigenvalue weighted by molar-refractivity contribution is -0.383. The second kappa shape index (κ2) is 5.13. The summed E-state index contributed by atoms with van der Waals surface area (Å²) in [5.41, 5.74) is -0.719. The van der Waals surface area contributed by atoms with Gasteiger partial charge in [0.05, 0.1) is 12.0 Å². The van der Waals surface area contributed by atoms with Gasteiger partial charge in [0.25, 0.3) is 20.9 Å². The van der Waals surface area contributed by atoms with Crippen molar-refractivity contribution in [1.29, 1.82) is 0 Å². The number of aromatic amines is 1. The van der Waals surface area contributed by atoms with E-state index in [0.717, 1.165) is 12.4 Å². The average molecular weight is 299 g/mol. The highest BCUT2D eigenvalue weighted by Crippen LogP contribution is 2.35. The number of nitro benzene ring substituents is 1. The smallest absolute Gasteiger partial charge is 0.297 e. The Morgan fingerprint density at radius 3 is 2.75 bits per heavy atom. The maximum absolute atomic E-state index is 12.0. The summed E-state index contributed by atoms with van der Waals surface area (Å²) in [4.78, 5) is 13.7. The minimum Gasteiger partial charge on any atom is -0.494 e. The van der Waals surface area contributed by atoms with Crippen molar-refractivity contribution in [2.45, 2.75) is 5.16 Å². The van der Waals surface area contributed by atoms with Gasteiger partial charge in [-0.05, 0) is 6.07 Å². The van der Waals surface area contributed by atoms with Crippen LogP contribution in [0.15, 0.2) is 29.7 Å². The van der Waals surface area contributed by atoms with E-state index in [1.54, 1.807) is 0 Å². The maximum atomic E-state index is 12.0. The van der Waals surface area contributed by atoms with Crippen LogP contribution in [-0.4, -0.2) is 35.6 Å². The molecule has 0 saturated heterocycles. The monoisotopic (exact) mass is 299 g/mol. The quantitative estimate of drug-likeness (QED) is 0.605. The number of rotatable bonds is 5. The van der Waals surface area contributed by atoms with Crippen LogP contribution in [0, 0.1) is 10.1 Å². The predicted octanol–water partition coefficient (Wildman–Crippen LogP) is 0.522. The lowest BCUT2D eigenvalue weighted by atomic mass is 10.2. The zero-order valence-electron chi connectivity index (χ0n) is 10.1. The molecule has 0 aliphatic rings. The Morgan fingerprint density at radius 2 is 2.20 bits per heavy atom. The van der Waals surface area contributed by atoms with E-state index >= 15 is 0 Å². The molecule has 0 aliphatic carbocycles. The molecular formula is C9H9N5O5S. The summed E-state index contributed by atoms with van der Waals surface area (Å²) < 4.78 is 30.9. The number of methoxy groups -OCH3 is 1. The Hall–Kier alpha value is -2.69. The van der Waals surface area contributed by atoms with Crippen LogP contribution in [0.5, 0.6) is 5.75 Å². The largest absolute Gasteiger partial charge is 0.494 e. The van der Waals surface area contributed by atoms with Crippen LogP contribution in [-0.2, 0) is 10.0 Å². The number of aromatic nitrogens is 3. The predicted molar refractivity (Wildman–Crippen MR) is 66.8 cm³/mol. The second-order valence-electron chi connectivity index (χ2n) is 3.51. The summed E-state index contributed by atoms with van der Waals surface area (Å²) in [5.74, 6) is 0.0160. The van der Waals surface area contributed by atoms with Crippen LogP contribution in [0.1, 0.15) is 0 Å². The van der Waals surface area contributed by atoms with Crippen LogP contribution in [0.4, 0.5) is 11.4 Å². The van der Waals surface area contributed by atoms with Crippen molar-refractivity contribution in [3.05, 3.63) is 34.6 Å². The zero-order chi connectivity index (χ0) is 14.8. The lowest BCUT2D eigenvalue weighted by Gasteiger charge is -2.10. The minimum atomic E-state index is -4.12. The molecule has 0 fully saturated rings. The van der Waals surface area contributed by atoms with Crippen molar-refractivity contribution in [2.75, 3.05) is 11.8 Å². The number of ether oxygens (including phenoxy) is 1. The molecule has 1 heterocycles. The van der Waals surface area contributed by atoms with Crippen LogP contribution < -0.4 is 9.46 Å². The first-order valence-electron chi connectivity index (χ1n) is 5.15. The molecule has 106 valence electrons. The molecular weight excluding hydrogens is 290 g/mol. The van der Waals surface area contributed by atoms with Crippen LogP contribution in [0.3, 0.4) is 0 Å². The lowest BCUT2D eigenvalue weighted by Crippen LogP contribution is -2.16. The van der Waals surface area contributed by atoms with Gasteiger partial charge in [-0.1, -0.05) is 6.07 Å². The van der Waals surface area contributed by atoms with Crippen molar-refractivity contribution in [3.63, 3.8) is 0 Å². The molecule has 0 unspecified atom stereocenters. The summed E-state index contributed by atoms with van der Waals surface area (Å²) >= 11 is 0. The molecule has 0 spiro atoms. The molecule has 11 heteroatoms. The zero-order valence-corrected chi connectivity index (χ0v) is 10.9. The van der Waals surface area contributed by atoms with Crippen molar-refractivity contribution >= 4 is 21.4 Å². The van der Waals surface area contributed by atoms with E-state index in [1.165, 1.54) is 19.2 Å². The van der Waals surface area contributed by atoms with E-state index in [9.17, 15) is 18.5 Å². The normalized spacial score (nSPS) is 11.1. The molecule has 2 rings (SSSR count). The molecule has 10 nitrogen and oxygen atoms in total. The molecule has 0 atom stereocenters. The first kappa shape index (κ1) is 13.7. The molecule has 20 heavy (non-hydrogen) atoms. The van der Waals surface area contributed by atoms with E-state index < -0.39 is 25.8 Å². The number of benzene rings is 1. The summed E-state index contributed by atoms with van der Waals surface area (Å²) in [6, 6.07) is 3.93. The highest BCUT2D eigenvalue weighted by molar-refractivity contribution is 7.92. The fourth-order valence-electron chi connectivity index (χ4n) is 1.45. The molecule has 2 aromatic rings.